The summed E-state index contributed by atoms with van der Waals surface area (Å²) in [5, 5.41) is 3.85. The van der Waals surface area contributed by atoms with Crippen LogP contribution in [-0.4, -0.2) is 40.0 Å². The fourth-order valence-corrected chi connectivity index (χ4v) is 3.42. The van der Waals surface area contributed by atoms with E-state index in [4.69, 9.17) is 11.6 Å². The topological polar surface area (TPSA) is 50.2 Å². The number of likely N-dealkylation sites (tertiary alicyclic amines) is 1. The number of halogens is 1. The molecule has 1 N–H and O–H groups in total. The van der Waals surface area contributed by atoms with Gasteiger partial charge in [0.2, 0.25) is 5.91 Å². The zero-order valence-corrected chi connectivity index (χ0v) is 15.2. The Labute approximate surface area is 154 Å². The first-order chi connectivity index (χ1) is 12.2. The highest BCUT2D eigenvalue weighted by molar-refractivity contribution is 6.30. The van der Waals surface area contributed by atoms with Crippen molar-refractivity contribution in [3.63, 3.8) is 0 Å². The fourth-order valence-electron chi connectivity index (χ4n) is 3.30. The van der Waals surface area contributed by atoms with Crippen LogP contribution in [0.4, 0.5) is 0 Å². The maximum atomic E-state index is 12.4. The molecule has 1 atom stereocenters. The van der Waals surface area contributed by atoms with Gasteiger partial charge in [-0.05, 0) is 43.5 Å². The summed E-state index contributed by atoms with van der Waals surface area (Å²) in [7, 11) is 0. The zero-order chi connectivity index (χ0) is 17.5. The van der Waals surface area contributed by atoms with Crippen molar-refractivity contribution in [2.24, 2.45) is 5.92 Å². The average Bonchev–Trinajstić information content (AvgIpc) is 3.14. The molecular weight excluding hydrogens is 336 g/mol. The molecule has 134 valence electrons. The molecule has 5 nitrogen and oxygen atoms in total. The van der Waals surface area contributed by atoms with E-state index in [1.165, 1.54) is 5.56 Å². The van der Waals surface area contributed by atoms with Crippen LogP contribution in [0, 0.1) is 5.92 Å². The van der Waals surface area contributed by atoms with Crippen LogP contribution in [0.15, 0.2) is 43.0 Å². The van der Waals surface area contributed by atoms with Gasteiger partial charge < -0.3 is 9.88 Å². The molecule has 0 aliphatic carbocycles. The van der Waals surface area contributed by atoms with Crippen LogP contribution in [0.2, 0.25) is 5.02 Å². The summed E-state index contributed by atoms with van der Waals surface area (Å²) in [6.07, 6.45) is 8.49. The number of imidazole rings is 1. The van der Waals surface area contributed by atoms with Crippen molar-refractivity contribution >= 4 is 17.5 Å². The molecule has 1 aliphatic rings. The molecule has 0 radical (unpaired) electrons. The molecule has 0 saturated carbocycles. The number of aromatic nitrogens is 2. The molecule has 1 amide bonds. The highest BCUT2D eigenvalue weighted by atomic mass is 35.5. The summed E-state index contributed by atoms with van der Waals surface area (Å²) in [4.78, 5) is 18.8. The van der Waals surface area contributed by atoms with Crippen molar-refractivity contribution in [1.82, 2.24) is 19.8 Å². The van der Waals surface area contributed by atoms with Crippen LogP contribution in [-0.2, 0) is 17.9 Å². The van der Waals surface area contributed by atoms with Gasteiger partial charge in [0.25, 0.3) is 0 Å². The predicted molar refractivity (Wildman–Crippen MR) is 99.3 cm³/mol. The quantitative estimate of drug-likeness (QED) is 0.772. The van der Waals surface area contributed by atoms with Gasteiger partial charge in [-0.3, -0.25) is 9.69 Å². The van der Waals surface area contributed by atoms with Crippen LogP contribution in [0.5, 0.6) is 0 Å². The second-order valence-electron chi connectivity index (χ2n) is 6.65. The Morgan fingerprint density at radius 3 is 2.92 bits per heavy atom. The minimum absolute atomic E-state index is 0.0919. The van der Waals surface area contributed by atoms with E-state index >= 15 is 0 Å². The molecule has 1 aromatic carbocycles. The third kappa shape index (κ3) is 5.58. The highest BCUT2D eigenvalue weighted by Crippen LogP contribution is 2.19. The molecular formula is C19H25ClN4O. The minimum Gasteiger partial charge on any atom is -0.356 e. The number of nitrogens with zero attached hydrogens (tertiary/aromatic N) is 3. The number of aryl methyl sites for hydroxylation is 1. The lowest BCUT2D eigenvalue weighted by molar-refractivity contribution is -0.126. The molecule has 1 aromatic heterocycles. The van der Waals surface area contributed by atoms with Crippen molar-refractivity contribution in [1.29, 1.82) is 0 Å². The molecule has 1 fully saturated rings. The first kappa shape index (κ1) is 18.0. The highest BCUT2D eigenvalue weighted by Gasteiger charge is 2.25. The first-order valence-electron chi connectivity index (χ1n) is 8.91. The Hall–Kier alpha value is -1.85. The Bertz CT molecular complexity index is 657. The first-order valence-corrected chi connectivity index (χ1v) is 9.29. The molecule has 0 bridgehead atoms. The summed E-state index contributed by atoms with van der Waals surface area (Å²) in [6, 6.07) is 7.96. The molecule has 1 saturated heterocycles. The zero-order valence-electron chi connectivity index (χ0n) is 14.4. The van der Waals surface area contributed by atoms with Crippen molar-refractivity contribution in [2.75, 3.05) is 19.6 Å². The van der Waals surface area contributed by atoms with E-state index in [0.29, 0.717) is 6.54 Å². The summed E-state index contributed by atoms with van der Waals surface area (Å²) in [5.41, 5.74) is 1.24. The number of nitrogens with one attached hydrogen (secondary N) is 1. The van der Waals surface area contributed by atoms with Gasteiger partial charge in [-0.1, -0.05) is 23.7 Å². The number of rotatable bonds is 7. The maximum Gasteiger partial charge on any atom is 0.224 e. The van der Waals surface area contributed by atoms with E-state index in [2.05, 4.69) is 27.3 Å². The number of amides is 1. The van der Waals surface area contributed by atoms with Crippen LogP contribution in [0.3, 0.4) is 0 Å². The summed E-state index contributed by atoms with van der Waals surface area (Å²) < 4.78 is 2.03. The molecule has 2 aromatic rings. The standard InChI is InChI=1S/C19H25ClN4O/c20-18-6-4-16(5-7-18)13-24-10-1-3-17(14-24)19(25)22-8-2-11-23-12-9-21-15-23/h4-7,9,12,15,17H,1-3,8,10-11,13-14H2,(H,22,25). The molecule has 3 rings (SSSR count). The summed E-state index contributed by atoms with van der Waals surface area (Å²) in [5.74, 6) is 0.278. The Morgan fingerprint density at radius 1 is 1.32 bits per heavy atom. The van der Waals surface area contributed by atoms with Gasteiger partial charge in [-0.15, -0.1) is 0 Å². The van der Waals surface area contributed by atoms with Crippen molar-refractivity contribution < 1.29 is 4.79 Å². The lowest BCUT2D eigenvalue weighted by atomic mass is 9.96. The van der Waals surface area contributed by atoms with Crippen LogP contribution < -0.4 is 5.32 Å². The lowest BCUT2D eigenvalue weighted by Gasteiger charge is -2.32. The van der Waals surface area contributed by atoms with Crippen LogP contribution in [0.25, 0.3) is 0 Å². The lowest BCUT2D eigenvalue weighted by Crippen LogP contribution is -2.43. The van der Waals surface area contributed by atoms with Crippen molar-refractivity contribution in [3.8, 4) is 0 Å². The van der Waals surface area contributed by atoms with E-state index in [9.17, 15) is 4.79 Å². The van der Waals surface area contributed by atoms with E-state index in [0.717, 1.165) is 50.5 Å². The number of hydrogen-bond acceptors (Lipinski definition) is 3. The van der Waals surface area contributed by atoms with Gasteiger partial charge in [0.15, 0.2) is 0 Å². The molecule has 2 heterocycles. The van der Waals surface area contributed by atoms with Gasteiger partial charge in [-0.25, -0.2) is 4.98 Å². The Kier molecular flexibility index (Phi) is 6.48. The minimum atomic E-state index is 0.0919. The van der Waals surface area contributed by atoms with Gasteiger partial charge in [0.05, 0.1) is 12.2 Å². The largest absolute Gasteiger partial charge is 0.356 e. The smallest absolute Gasteiger partial charge is 0.224 e. The van der Waals surface area contributed by atoms with Gasteiger partial charge in [0.1, 0.15) is 0 Å². The maximum absolute atomic E-state index is 12.4. The Balaban J connectivity index is 1.40. The third-order valence-electron chi connectivity index (χ3n) is 4.65. The van der Waals surface area contributed by atoms with E-state index in [1.807, 2.05) is 22.9 Å². The number of piperidine rings is 1. The molecule has 6 heteroatoms. The fraction of sp³-hybridized carbons (Fsp3) is 0.474. The van der Waals surface area contributed by atoms with E-state index < -0.39 is 0 Å². The van der Waals surface area contributed by atoms with Gasteiger partial charge in [-0.2, -0.15) is 0 Å². The summed E-state index contributed by atoms with van der Waals surface area (Å²) >= 11 is 5.94. The van der Waals surface area contributed by atoms with Crippen molar-refractivity contribution in [3.05, 3.63) is 53.6 Å². The molecule has 1 unspecified atom stereocenters. The van der Waals surface area contributed by atoms with Crippen LogP contribution in [0.1, 0.15) is 24.8 Å². The average molecular weight is 361 g/mol. The van der Waals surface area contributed by atoms with E-state index in [-0.39, 0.29) is 11.8 Å². The van der Waals surface area contributed by atoms with Crippen LogP contribution >= 0.6 is 11.6 Å². The SMILES string of the molecule is O=C(NCCCn1ccnc1)C1CCCN(Cc2ccc(Cl)cc2)C1. The van der Waals surface area contributed by atoms with Gasteiger partial charge in [0, 0.05) is 43.6 Å². The molecule has 0 spiro atoms. The monoisotopic (exact) mass is 360 g/mol. The third-order valence-corrected chi connectivity index (χ3v) is 4.90. The van der Waals surface area contributed by atoms with Crippen molar-refractivity contribution in [2.45, 2.75) is 32.4 Å². The Morgan fingerprint density at radius 2 is 2.16 bits per heavy atom. The second-order valence-corrected chi connectivity index (χ2v) is 7.08. The molecule has 1 aliphatic heterocycles. The number of hydrogen-bond donors (Lipinski definition) is 1. The summed E-state index contributed by atoms with van der Waals surface area (Å²) in [6.45, 7) is 4.35. The van der Waals surface area contributed by atoms with Gasteiger partial charge >= 0.3 is 0 Å². The van der Waals surface area contributed by atoms with E-state index in [1.54, 1.807) is 12.5 Å². The number of carbonyl (C=O) groups excluding carboxylic acids is 1. The normalized spacial score (nSPS) is 18.2. The number of benzene rings is 1. The molecule has 25 heavy (non-hydrogen) atoms. The predicted octanol–water partition coefficient (Wildman–Crippen LogP) is 2.96. The second kappa shape index (κ2) is 9.02. The number of carbonyl (C=O) groups is 1.